The van der Waals surface area contributed by atoms with Crippen LogP contribution < -0.4 is 19.5 Å². The topological polar surface area (TPSA) is 56.8 Å². The zero-order chi connectivity index (χ0) is 16.2. The molecule has 0 saturated heterocycles. The molecule has 1 aliphatic rings. The van der Waals surface area contributed by atoms with E-state index >= 15 is 0 Å². The third kappa shape index (κ3) is 3.94. The molecule has 1 aliphatic heterocycles. The maximum atomic E-state index is 12.0. The Balaban J connectivity index is 1.50. The predicted octanol–water partition coefficient (Wildman–Crippen LogP) is 3.44. The lowest BCUT2D eigenvalue weighted by Gasteiger charge is -2.09. The highest BCUT2D eigenvalue weighted by atomic mass is 16.7. The largest absolute Gasteiger partial charge is 0.493 e. The first kappa shape index (κ1) is 15.2. The molecule has 0 atom stereocenters. The summed E-state index contributed by atoms with van der Waals surface area (Å²) in [7, 11) is 0. The van der Waals surface area contributed by atoms with Gasteiger partial charge in [0.25, 0.3) is 0 Å². The van der Waals surface area contributed by atoms with Crippen LogP contribution >= 0.6 is 0 Å². The summed E-state index contributed by atoms with van der Waals surface area (Å²) in [6.45, 7) is 4.59. The van der Waals surface area contributed by atoms with Gasteiger partial charge in [0.2, 0.25) is 12.7 Å². The average Bonchev–Trinajstić information content (AvgIpc) is 2.93. The molecule has 0 aliphatic carbocycles. The van der Waals surface area contributed by atoms with Gasteiger partial charge in [-0.3, -0.25) is 4.79 Å². The molecule has 0 spiro atoms. The van der Waals surface area contributed by atoms with Gasteiger partial charge >= 0.3 is 0 Å². The molecule has 0 radical (unpaired) electrons. The van der Waals surface area contributed by atoms with Crippen LogP contribution in [0.4, 0.5) is 5.69 Å². The number of rotatable bonds is 5. The molecule has 5 heteroatoms. The van der Waals surface area contributed by atoms with Crippen molar-refractivity contribution in [3.05, 3.63) is 47.5 Å². The summed E-state index contributed by atoms with van der Waals surface area (Å²) in [5.74, 6) is 2.03. The van der Waals surface area contributed by atoms with Crippen LogP contribution in [0.5, 0.6) is 17.2 Å². The first-order valence-electron chi connectivity index (χ1n) is 7.51. The Morgan fingerprint density at radius 2 is 1.83 bits per heavy atom. The second kappa shape index (κ2) is 6.60. The fraction of sp³-hybridized carbons (Fsp3) is 0.278. The number of hydrogen-bond donors (Lipinski definition) is 1. The van der Waals surface area contributed by atoms with Gasteiger partial charge in [0.05, 0.1) is 13.0 Å². The van der Waals surface area contributed by atoms with Gasteiger partial charge in [0, 0.05) is 11.8 Å². The monoisotopic (exact) mass is 313 g/mol. The number of ether oxygens (including phenoxy) is 3. The van der Waals surface area contributed by atoms with Crippen LogP contribution in [0.15, 0.2) is 36.4 Å². The molecule has 23 heavy (non-hydrogen) atoms. The standard InChI is InChI=1S/C18H19NO4/c1-12-7-13(2)9-15(8-12)21-6-5-18(20)19-14-3-4-16-17(10-14)23-11-22-16/h3-4,7-10H,5-6,11H2,1-2H3,(H,19,20). The summed E-state index contributed by atoms with van der Waals surface area (Å²) in [5, 5.41) is 2.83. The highest BCUT2D eigenvalue weighted by molar-refractivity contribution is 5.91. The Labute approximate surface area is 135 Å². The molecule has 3 rings (SSSR count). The van der Waals surface area contributed by atoms with Crippen LogP contribution in [0.1, 0.15) is 17.5 Å². The number of carbonyl (C=O) groups excluding carboxylic acids is 1. The zero-order valence-electron chi connectivity index (χ0n) is 13.2. The zero-order valence-corrected chi connectivity index (χ0v) is 13.2. The quantitative estimate of drug-likeness (QED) is 0.918. The number of nitrogens with one attached hydrogen (secondary N) is 1. The van der Waals surface area contributed by atoms with E-state index in [2.05, 4.69) is 11.4 Å². The number of aryl methyl sites for hydroxylation is 2. The van der Waals surface area contributed by atoms with Crippen molar-refractivity contribution in [1.29, 1.82) is 0 Å². The first-order chi connectivity index (χ1) is 11.1. The Bertz CT molecular complexity index is 707. The van der Waals surface area contributed by atoms with Crippen molar-refractivity contribution in [1.82, 2.24) is 0 Å². The van der Waals surface area contributed by atoms with Crippen LogP contribution in [-0.4, -0.2) is 19.3 Å². The van der Waals surface area contributed by atoms with Crippen LogP contribution in [0.3, 0.4) is 0 Å². The number of carbonyl (C=O) groups is 1. The minimum atomic E-state index is -0.103. The Hall–Kier alpha value is -2.69. The lowest BCUT2D eigenvalue weighted by molar-refractivity contribution is -0.116. The SMILES string of the molecule is Cc1cc(C)cc(OCCC(=O)Nc2ccc3c(c2)OCO3)c1. The van der Waals surface area contributed by atoms with E-state index in [1.165, 1.54) is 0 Å². The van der Waals surface area contributed by atoms with Crippen molar-refractivity contribution in [3.8, 4) is 17.2 Å². The Kier molecular flexibility index (Phi) is 4.37. The van der Waals surface area contributed by atoms with E-state index in [9.17, 15) is 4.79 Å². The molecule has 2 aromatic rings. The van der Waals surface area contributed by atoms with E-state index in [0.717, 1.165) is 16.9 Å². The second-order valence-corrected chi connectivity index (χ2v) is 5.54. The average molecular weight is 313 g/mol. The number of anilines is 1. The summed E-state index contributed by atoms with van der Waals surface area (Å²) in [6, 6.07) is 11.3. The van der Waals surface area contributed by atoms with Gasteiger partial charge in [0.15, 0.2) is 11.5 Å². The summed E-state index contributed by atoms with van der Waals surface area (Å²) in [4.78, 5) is 12.0. The van der Waals surface area contributed by atoms with Gasteiger partial charge in [-0.15, -0.1) is 0 Å². The first-order valence-corrected chi connectivity index (χ1v) is 7.51. The molecule has 0 fully saturated rings. The van der Waals surface area contributed by atoms with Crippen molar-refractivity contribution in [2.45, 2.75) is 20.3 Å². The van der Waals surface area contributed by atoms with Crippen molar-refractivity contribution >= 4 is 11.6 Å². The molecule has 2 aromatic carbocycles. The molecule has 1 heterocycles. The Morgan fingerprint density at radius 1 is 1.09 bits per heavy atom. The molecule has 5 nitrogen and oxygen atoms in total. The van der Waals surface area contributed by atoms with Crippen LogP contribution in [0.2, 0.25) is 0 Å². The minimum Gasteiger partial charge on any atom is -0.493 e. The number of amides is 1. The van der Waals surface area contributed by atoms with Crippen molar-refractivity contribution < 1.29 is 19.0 Å². The molecule has 1 amide bonds. The molecule has 0 aromatic heterocycles. The lowest BCUT2D eigenvalue weighted by Crippen LogP contribution is -2.15. The van der Waals surface area contributed by atoms with E-state index in [-0.39, 0.29) is 19.1 Å². The van der Waals surface area contributed by atoms with E-state index in [4.69, 9.17) is 14.2 Å². The second-order valence-electron chi connectivity index (χ2n) is 5.54. The molecule has 120 valence electrons. The predicted molar refractivity (Wildman–Crippen MR) is 87.2 cm³/mol. The van der Waals surface area contributed by atoms with E-state index < -0.39 is 0 Å². The summed E-state index contributed by atoms with van der Waals surface area (Å²) in [5.41, 5.74) is 2.97. The molecular weight excluding hydrogens is 294 g/mol. The summed E-state index contributed by atoms with van der Waals surface area (Å²) in [6.07, 6.45) is 0.279. The van der Waals surface area contributed by atoms with Crippen molar-refractivity contribution in [3.63, 3.8) is 0 Å². The summed E-state index contributed by atoms with van der Waals surface area (Å²) < 4.78 is 16.2. The molecular formula is C18H19NO4. The number of benzene rings is 2. The van der Waals surface area contributed by atoms with Gasteiger partial charge in [-0.2, -0.15) is 0 Å². The number of hydrogen-bond acceptors (Lipinski definition) is 4. The summed E-state index contributed by atoms with van der Waals surface area (Å²) >= 11 is 0. The van der Waals surface area contributed by atoms with Gasteiger partial charge in [-0.1, -0.05) is 6.07 Å². The lowest BCUT2D eigenvalue weighted by atomic mass is 10.1. The van der Waals surface area contributed by atoms with Gasteiger partial charge in [-0.05, 0) is 49.2 Å². The van der Waals surface area contributed by atoms with Crippen LogP contribution in [-0.2, 0) is 4.79 Å². The maximum absolute atomic E-state index is 12.0. The normalized spacial score (nSPS) is 12.1. The van der Waals surface area contributed by atoms with Crippen molar-refractivity contribution in [2.24, 2.45) is 0 Å². The highest BCUT2D eigenvalue weighted by Crippen LogP contribution is 2.34. The molecule has 0 unspecified atom stereocenters. The van der Waals surface area contributed by atoms with E-state index in [1.54, 1.807) is 18.2 Å². The van der Waals surface area contributed by atoms with Crippen LogP contribution in [0, 0.1) is 13.8 Å². The smallest absolute Gasteiger partial charge is 0.231 e. The fourth-order valence-corrected chi connectivity index (χ4v) is 2.48. The molecule has 0 saturated carbocycles. The molecule has 1 N–H and O–H groups in total. The fourth-order valence-electron chi connectivity index (χ4n) is 2.48. The number of fused-ring (bicyclic) bond motifs is 1. The van der Waals surface area contributed by atoms with E-state index in [1.807, 2.05) is 26.0 Å². The third-order valence-corrected chi connectivity index (χ3v) is 3.45. The van der Waals surface area contributed by atoms with Gasteiger partial charge in [0.1, 0.15) is 5.75 Å². The maximum Gasteiger partial charge on any atom is 0.231 e. The van der Waals surface area contributed by atoms with E-state index in [0.29, 0.717) is 23.8 Å². The third-order valence-electron chi connectivity index (χ3n) is 3.45. The van der Waals surface area contributed by atoms with Crippen molar-refractivity contribution in [2.75, 3.05) is 18.7 Å². The van der Waals surface area contributed by atoms with Gasteiger partial charge in [-0.25, -0.2) is 0 Å². The van der Waals surface area contributed by atoms with Gasteiger partial charge < -0.3 is 19.5 Å². The molecule has 0 bridgehead atoms. The minimum absolute atomic E-state index is 0.103. The Morgan fingerprint density at radius 3 is 2.61 bits per heavy atom. The van der Waals surface area contributed by atoms with Crippen LogP contribution in [0.25, 0.3) is 0 Å². The highest BCUT2D eigenvalue weighted by Gasteiger charge is 2.14.